The van der Waals surface area contributed by atoms with Gasteiger partial charge in [-0.05, 0) is 35.6 Å². The quantitative estimate of drug-likeness (QED) is 0.723. The second-order valence-corrected chi connectivity index (χ2v) is 7.32. The highest BCUT2D eigenvalue weighted by Gasteiger charge is 2.33. The smallest absolute Gasteiger partial charge is 0.121 e. The van der Waals surface area contributed by atoms with Crippen molar-refractivity contribution < 1.29 is 9.84 Å². The summed E-state index contributed by atoms with van der Waals surface area (Å²) < 4.78 is 5.49. The van der Waals surface area contributed by atoms with Crippen LogP contribution in [0.15, 0.2) is 48.7 Å². The highest BCUT2D eigenvalue weighted by Crippen LogP contribution is 2.43. The molecule has 0 saturated carbocycles. The summed E-state index contributed by atoms with van der Waals surface area (Å²) in [6.07, 6.45) is 3.07. The Bertz CT molecular complexity index is 888. The van der Waals surface area contributed by atoms with E-state index in [4.69, 9.17) is 4.74 Å². The Balaban J connectivity index is 1.82. The minimum atomic E-state index is 0.107. The fourth-order valence-electron chi connectivity index (χ4n) is 4.39. The lowest BCUT2D eigenvalue weighted by Crippen LogP contribution is -2.34. The minimum Gasteiger partial charge on any atom is -0.508 e. The number of phenolic OH excluding ortho intramolecular Hbond substituents is 1. The van der Waals surface area contributed by atoms with Gasteiger partial charge in [-0.1, -0.05) is 37.3 Å². The summed E-state index contributed by atoms with van der Waals surface area (Å²) >= 11 is 0. The Morgan fingerprint density at radius 1 is 1.23 bits per heavy atom. The lowest BCUT2D eigenvalue weighted by molar-refractivity contribution is 0.0776. The molecule has 4 rings (SSSR count). The summed E-state index contributed by atoms with van der Waals surface area (Å²) in [5.41, 5.74) is 4.72. The van der Waals surface area contributed by atoms with Crippen LogP contribution in [0.1, 0.15) is 29.7 Å². The Kier molecular flexibility index (Phi) is 4.70. The van der Waals surface area contributed by atoms with Crippen LogP contribution in [0.2, 0.25) is 0 Å². The van der Waals surface area contributed by atoms with Crippen LogP contribution in [-0.4, -0.2) is 35.3 Å². The van der Waals surface area contributed by atoms with Crippen molar-refractivity contribution in [1.29, 1.82) is 0 Å². The van der Waals surface area contributed by atoms with E-state index in [0.29, 0.717) is 12.4 Å². The van der Waals surface area contributed by atoms with Crippen LogP contribution in [0.5, 0.6) is 5.75 Å². The lowest BCUT2D eigenvalue weighted by atomic mass is 9.90. The van der Waals surface area contributed by atoms with E-state index in [0.717, 1.165) is 30.6 Å². The number of aromatic amines is 1. The molecule has 0 spiro atoms. The van der Waals surface area contributed by atoms with E-state index in [1.54, 1.807) is 7.11 Å². The number of H-pyrrole nitrogens is 1. The number of aromatic hydroxyl groups is 1. The molecule has 0 radical (unpaired) electrons. The number of aromatic nitrogens is 1. The summed E-state index contributed by atoms with van der Waals surface area (Å²) in [6, 6.07) is 14.5. The number of methoxy groups -OCH3 is 1. The van der Waals surface area contributed by atoms with Gasteiger partial charge in [0.05, 0.1) is 6.61 Å². The zero-order valence-electron chi connectivity index (χ0n) is 15.4. The molecular weight excluding hydrogens is 324 g/mol. The number of phenols is 1. The average Bonchev–Trinajstić information content (AvgIpc) is 2.98. The lowest BCUT2D eigenvalue weighted by Gasteiger charge is -2.35. The first kappa shape index (κ1) is 17.1. The molecule has 3 aromatic rings. The maximum Gasteiger partial charge on any atom is 0.121 e. The van der Waals surface area contributed by atoms with Crippen molar-refractivity contribution in [2.24, 2.45) is 5.92 Å². The molecule has 2 aromatic carbocycles. The van der Waals surface area contributed by atoms with Crippen molar-refractivity contribution in [2.45, 2.75) is 25.9 Å². The molecule has 1 aliphatic rings. The van der Waals surface area contributed by atoms with E-state index in [-0.39, 0.29) is 12.0 Å². The van der Waals surface area contributed by atoms with Gasteiger partial charge in [-0.2, -0.15) is 0 Å². The number of hydrogen-bond donors (Lipinski definition) is 2. The van der Waals surface area contributed by atoms with Crippen LogP contribution in [0.25, 0.3) is 10.9 Å². The third-order valence-electron chi connectivity index (χ3n) is 5.50. The zero-order chi connectivity index (χ0) is 18.1. The highest BCUT2D eigenvalue weighted by atomic mass is 16.5. The summed E-state index contributed by atoms with van der Waals surface area (Å²) in [5, 5.41) is 12.0. The van der Waals surface area contributed by atoms with Gasteiger partial charge < -0.3 is 14.8 Å². The summed E-state index contributed by atoms with van der Waals surface area (Å²) in [7, 11) is 1.75. The number of nitrogens with one attached hydrogen (secondary N) is 1. The van der Waals surface area contributed by atoms with Gasteiger partial charge in [0.25, 0.3) is 0 Å². The molecule has 1 aliphatic heterocycles. The van der Waals surface area contributed by atoms with E-state index in [2.05, 4.69) is 53.3 Å². The molecule has 2 atom stereocenters. The van der Waals surface area contributed by atoms with Gasteiger partial charge in [-0.3, -0.25) is 4.90 Å². The van der Waals surface area contributed by atoms with Gasteiger partial charge in [-0.25, -0.2) is 0 Å². The summed E-state index contributed by atoms with van der Waals surface area (Å²) in [4.78, 5) is 5.86. The molecule has 1 aromatic heterocycles. The normalized spacial score (nSPS) is 18.8. The molecule has 2 N–H and O–H groups in total. The van der Waals surface area contributed by atoms with Gasteiger partial charge >= 0.3 is 0 Å². The van der Waals surface area contributed by atoms with Crippen molar-refractivity contribution in [3.63, 3.8) is 0 Å². The first-order valence-corrected chi connectivity index (χ1v) is 9.27. The predicted octanol–water partition coefficient (Wildman–Crippen LogP) is 4.26. The van der Waals surface area contributed by atoms with Crippen molar-refractivity contribution in [1.82, 2.24) is 9.88 Å². The van der Waals surface area contributed by atoms with Gasteiger partial charge in [0, 0.05) is 48.9 Å². The third kappa shape index (κ3) is 3.00. The highest BCUT2D eigenvalue weighted by molar-refractivity contribution is 5.89. The summed E-state index contributed by atoms with van der Waals surface area (Å²) in [6.45, 7) is 4.69. The number of benzene rings is 2. The summed E-state index contributed by atoms with van der Waals surface area (Å²) in [5.74, 6) is 0.646. The Hall–Kier alpha value is -2.30. The van der Waals surface area contributed by atoms with Crippen LogP contribution >= 0.6 is 0 Å². The van der Waals surface area contributed by atoms with Crippen molar-refractivity contribution in [3.8, 4) is 5.75 Å². The van der Waals surface area contributed by atoms with Crippen molar-refractivity contribution in [2.75, 3.05) is 20.3 Å². The average molecular weight is 350 g/mol. The van der Waals surface area contributed by atoms with Crippen molar-refractivity contribution in [3.05, 3.63) is 65.4 Å². The maximum absolute atomic E-state index is 10.8. The molecule has 4 nitrogen and oxygen atoms in total. The van der Waals surface area contributed by atoms with E-state index in [1.165, 1.54) is 16.5 Å². The van der Waals surface area contributed by atoms with Crippen molar-refractivity contribution >= 4 is 10.9 Å². The number of rotatable bonds is 5. The van der Waals surface area contributed by atoms with Crippen LogP contribution in [0.4, 0.5) is 0 Å². The number of nitrogens with zero attached hydrogens (tertiary/aromatic N) is 1. The molecule has 0 saturated heterocycles. The predicted molar refractivity (Wildman–Crippen MR) is 104 cm³/mol. The van der Waals surface area contributed by atoms with E-state index in [9.17, 15) is 5.11 Å². The third-order valence-corrected chi connectivity index (χ3v) is 5.50. The Labute approximate surface area is 154 Å². The second-order valence-electron chi connectivity index (χ2n) is 7.32. The van der Waals surface area contributed by atoms with E-state index >= 15 is 0 Å². The standard InChI is InChI=1S/C22H26N2O2/c1-15(14-26-2)22-21-19(25)9-8-18-20(21)17(12-23-18)10-11-24(22)13-16-6-4-3-5-7-16/h3-9,12,15,22-23,25H,10-11,13-14H2,1-2H3. The number of ether oxygens (including phenoxy) is 1. The Morgan fingerprint density at radius 2 is 2.04 bits per heavy atom. The van der Waals surface area contributed by atoms with Crippen LogP contribution in [-0.2, 0) is 17.7 Å². The fraction of sp³-hybridized carbons (Fsp3) is 0.364. The van der Waals surface area contributed by atoms with Gasteiger partial charge in [0.2, 0.25) is 0 Å². The monoisotopic (exact) mass is 350 g/mol. The van der Waals surface area contributed by atoms with E-state index in [1.807, 2.05) is 12.1 Å². The zero-order valence-corrected chi connectivity index (χ0v) is 15.4. The molecule has 2 unspecified atom stereocenters. The fourth-order valence-corrected chi connectivity index (χ4v) is 4.39. The van der Waals surface area contributed by atoms with Crippen LogP contribution in [0.3, 0.4) is 0 Å². The van der Waals surface area contributed by atoms with Crippen LogP contribution in [0, 0.1) is 5.92 Å². The molecular formula is C22H26N2O2. The second kappa shape index (κ2) is 7.14. The number of hydrogen-bond acceptors (Lipinski definition) is 3. The molecule has 4 heteroatoms. The molecule has 136 valence electrons. The maximum atomic E-state index is 10.8. The largest absolute Gasteiger partial charge is 0.508 e. The minimum absolute atomic E-state index is 0.107. The molecule has 2 heterocycles. The first-order valence-electron chi connectivity index (χ1n) is 9.27. The molecule has 0 fully saturated rings. The van der Waals surface area contributed by atoms with Crippen LogP contribution < -0.4 is 0 Å². The molecule has 26 heavy (non-hydrogen) atoms. The SMILES string of the molecule is COCC(C)C1c2c(O)ccc3[nH]cc(c23)CCN1Cc1ccccc1. The molecule has 0 bridgehead atoms. The Morgan fingerprint density at radius 3 is 2.81 bits per heavy atom. The topological polar surface area (TPSA) is 48.5 Å². The first-order chi connectivity index (χ1) is 12.7. The van der Waals surface area contributed by atoms with Gasteiger partial charge in [0.1, 0.15) is 5.75 Å². The van der Waals surface area contributed by atoms with Gasteiger partial charge in [-0.15, -0.1) is 0 Å². The molecule has 0 amide bonds. The molecule has 0 aliphatic carbocycles. The van der Waals surface area contributed by atoms with E-state index < -0.39 is 0 Å². The van der Waals surface area contributed by atoms with Gasteiger partial charge in [0.15, 0.2) is 0 Å².